The van der Waals surface area contributed by atoms with Gasteiger partial charge in [-0.15, -0.1) is 0 Å². The number of carbonyl (C=O) groups is 1. The Balaban J connectivity index is 1.41. The van der Waals surface area contributed by atoms with Crippen LogP contribution in [0.2, 0.25) is 0 Å². The molecule has 1 aliphatic heterocycles. The van der Waals surface area contributed by atoms with E-state index < -0.39 is 0 Å². The average Bonchev–Trinajstić information content (AvgIpc) is 2.83. The molecule has 0 bridgehead atoms. The minimum atomic E-state index is -0.0122. The molecule has 1 aliphatic carbocycles. The summed E-state index contributed by atoms with van der Waals surface area (Å²) in [6, 6.07) is 5.94. The van der Waals surface area contributed by atoms with Crippen molar-refractivity contribution in [1.29, 1.82) is 0 Å². The van der Waals surface area contributed by atoms with E-state index in [0.29, 0.717) is 0 Å². The van der Waals surface area contributed by atoms with Crippen molar-refractivity contribution in [2.24, 2.45) is 5.92 Å². The van der Waals surface area contributed by atoms with E-state index in [1.165, 1.54) is 0 Å². The van der Waals surface area contributed by atoms with E-state index in [9.17, 15) is 4.79 Å². The summed E-state index contributed by atoms with van der Waals surface area (Å²) in [4.78, 5) is 18.6. The van der Waals surface area contributed by atoms with Gasteiger partial charge in [-0.05, 0) is 25.0 Å². The number of ether oxygens (including phenoxy) is 2. The molecule has 0 atom stereocenters. The SMILES string of the molecule is COc1cccc2sc(N3CC(OC(=O)C4CCC4)C3)nc12. The molecule has 0 amide bonds. The number of carbonyl (C=O) groups excluding carboxylic acids is 1. The van der Waals surface area contributed by atoms with Crippen LogP contribution < -0.4 is 9.64 Å². The van der Waals surface area contributed by atoms with Crippen molar-refractivity contribution in [3.05, 3.63) is 18.2 Å². The normalized spacial score (nSPS) is 18.9. The quantitative estimate of drug-likeness (QED) is 0.811. The van der Waals surface area contributed by atoms with E-state index in [2.05, 4.69) is 9.88 Å². The average molecular weight is 318 g/mol. The monoisotopic (exact) mass is 318 g/mol. The number of hydrogen-bond acceptors (Lipinski definition) is 6. The maximum Gasteiger partial charge on any atom is 0.309 e. The first kappa shape index (κ1) is 13.8. The first-order valence-corrected chi connectivity index (χ1v) is 8.45. The summed E-state index contributed by atoms with van der Waals surface area (Å²) < 4.78 is 12.0. The number of benzene rings is 1. The van der Waals surface area contributed by atoms with Gasteiger partial charge in [0.1, 0.15) is 17.4 Å². The van der Waals surface area contributed by atoms with E-state index >= 15 is 0 Å². The van der Waals surface area contributed by atoms with Crippen molar-refractivity contribution in [3.63, 3.8) is 0 Å². The van der Waals surface area contributed by atoms with Crippen molar-refractivity contribution in [2.75, 3.05) is 25.1 Å². The van der Waals surface area contributed by atoms with Crippen LogP contribution in [0.25, 0.3) is 10.2 Å². The van der Waals surface area contributed by atoms with Gasteiger partial charge in [0.25, 0.3) is 0 Å². The molecule has 2 aromatic rings. The Hall–Kier alpha value is -1.82. The lowest BCUT2D eigenvalue weighted by Gasteiger charge is -2.39. The van der Waals surface area contributed by atoms with Gasteiger partial charge in [-0.25, -0.2) is 4.98 Å². The van der Waals surface area contributed by atoms with Gasteiger partial charge < -0.3 is 14.4 Å². The zero-order valence-corrected chi connectivity index (χ0v) is 13.3. The standard InChI is InChI=1S/C16H18N2O3S/c1-20-12-6-3-7-13-14(12)17-16(22-13)18-8-11(9-18)21-15(19)10-4-2-5-10/h3,6-7,10-11H,2,4-5,8-9H2,1H3. The van der Waals surface area contributed by atoms with E-state index in [0.717, 1.165) is 53.4 Å². The molecule has 1 aromatic carbocycles. The minimum absolute atomic E-state index is 0.0122. The van der Waals surface area contributed by atoms with Crippen LogP contribution in [0.15, 0.2) is 18.2 Å². The molecular weight excluding hydrogens is 300 g/mol. The zero-order chi connectivity index (χ0) is 15.1. The van der Waals surface area contributed by atoms with Gasteiger partial charge in [-0.2, -0.15) is 0 Å². The van der Waals surface area contributed by atoms with Crippen LogP contribution in [0, 0.1) is 5.92 Å². The fourth-order valence-electron chi connectivity index (χ4n) is 2.78. The Morgan fingerprint density at radius 2 is 2.18 bits per heavy atom. The number of esters is 1. The molecule has 22 heavy (non-hydrogen) atoms. The second-order valence-electron chi connectivity index (χ2n) is 5.90. The second kappa shape index (κ2) is 5.43. The Morgan fingerprint density at radius 3 is 2.86 bits per heavy atom. The summed E-state index contributed by atoms with van der Waals surface area (Å²) in [5.41, 5.74) is 0.903. The van der Waals surface area contributed by atoms with Crippen molar-refractivity contribution in [2.45, 2.75) is 25.4 Å². The maximum atomic E-state index is 11.8. The Labute approximate surface area is 132 Å². The predicted octanol–water partition coefficient (Wildman–Crippen LogP) is 2.84. The summed E-state index contributed by atoms with van der Waals surface area (Å²) in [5, 5.41) is 0.968. The molecule has 2 heterocycles. The molecule has 4 rings (SSSR count). The number of rotatable bonds is 4. The molecule has 0 radical (unpaired) electrons. The van der Waals surface area contributed by atoms with E-state index in [4.69, 9.17) is 9.47 Å². The van der Waals surface area contributed by atoms with Crippen molar-refractivity contribution in [1.82, 2.24) is 4.98 Å². The van der Waals surface area contributed by atoms with Gasteiger partial charge in [-0.1, -0.05) is 23.8 Å². The van der Waals surface area contributed by atoms with Crippen LogP contribution in [0.4, 0.5) is 5.13 Å². The summed E-state index contributed by atoms with van der Waals surface area (Å²) in [6.45, 7) is 1.47. The summed E-state index contributed by atoms with van der Waals surface area (Å²) >= 11 is 1.65. The molecule has 1 aromatic heterocycles. The van der Waals surface area contributed by atoms with Gasteiger partial charge in [-0.3, -0.25) is 4.79 Å². The smallest absolute Gasteiger partial charge is 0.309 e. The molecule has 6 heteroatoms. The lowest BCUT2D eigenvalue weighted by molar-refractivity contribution is -0.158. The third-order valence-electron chi connectivity index (χ3n) is 4.43. The van der Waals surface area contributed by atoms with E-state index in [1.54, 1.807) is 18.4 Å². The molecular formula is C16H18N2O3S. The lowest BCUT2D eigenvalue weighted by atomic mass is 9.85. The summed E-state index contributed by atoms with van der Waals surface area (Å²) in [5.74, 6) is 0.941. The maximum absolute atomic E-state index is 11.8. The van der Waals surface area contributed by atoms with Crippen molar-refractivity contribution < 1.29 is 14.3 Å². The number of methoxy groups -OCH3 is 1. The molecule has 0 spiro atoms. The number of nitrogens with zero attached hydrogens (tertiary/aromatic N) is 2. The molecule has 2 aliphatic rings. The molecule has 0 N–H and O–H groups in total. The third kappa shape index (κ3) is 2.31. The minimum Gasteiger partial charge on any atom is -0.494 e. The molecule has 0 unspecified atom stereocenters. The van der Waals surface area contributed by atoms with Crippen LogP contribution in [0.3, 0.4) is 0 Å². The largest absolute Gasteiger partial charge is 0.494 e. The highest BCUT2D eigenvalue weighted by Crippen LogP contribution is 2.36. The number of aromatic nitrogens is 1. The summed E-state index contributed by atoms with van der Waals surface area (Å²) in [6.07, 6.45) is 3.16. The Morgan fingerprint density at radius 1 is 1.36 bits per heavy atom. The topological polar surface area (TPSA) is 51.7 Å². The molecule has 116 valence electrons. The van der Waals surface area contributed by atoms with Gasteiger partial charge in [0.15, 0.2) is 5.13 Å². The number of fused-ring (bicyclic) bond motifs is 1. The highest BCUT2D eigenvalue weighted by molar-refractivity contribution is 7.22. The highest BCUT2D eigenvalue weighted by Gasteiger charge is 2.35. The van der Waals surface area contributed by atoms with Crippen LogP contribution in [0.1, 0.15) is 19.3 Å². The van der Waals surface area contributed by atoms with Crippen molar-refractivity contribution >= 4 is 32.7 Å². The van der Waals surface area contributed by atoms with Gasteiger partial charge in [0.2, 0.25) is 0 Å². The number of para-hydroxylation sites is 1. The second-order valence-corrected chi connectivity index (χ2v) is 6.90. The third-order valence-corrected chi connectivity index (χ3v) is 5.51. The van der Waals surface area contributed by atoms with Crippen LogP contribution >= 0.6 is 11.3 Å². The Kier molecular flexibility index (Phi) is 3.41. The van der Waals surface area contributed by atoms with Crippen LogP contribution in [-0.2, 0) is 9.53 Å². The molecule has 5 nitrogen and oxygen atoms in total. The Bertz CT molecular complexity index is 704. The van der Waals surface area contributed by atoms with E-state index in [-0.39, 0.29) is 18.0 Å². The first-order valence-electron chi connectivity index (χ1n) is 7.63. The lowest BCUT2D eigenvalue weighted by Crippen LogP contribution is -2.53. The van der Waals surface area contributed by atoms with Crippen LogP contribution in [-0.4, -0.2) is 37.3 Å². The molecule has 2 fully saturated rings. The number of hydrogen-bond donors (Lipinski definition) is 0. The molecule has 1 saturated carbocycles. The predicted molar refractivity (Wildman–Crippen MR) is 85.6 cm³/mol. The zero-order valence-electron chi connectivity index (χ0n) is 12.4. The summed E-state index contributed by atoms with van der Waals surface area (Å²) in [7, 11) is 1.66. The van der Waals surface area contributed by atoms with Crippen molar-refractivity contribution in [3.8, 4) is 5.75 Å². The fourth-order valence-corrected chi connectivity index (χ4v) is 3.79. The molecule has 1 saturated heterocycles. The first-order chi connectivity index (χ1) is 10.7. The van der Waals surface area contributed by atoms with Crippen LogP contribution in [0.5, 0.6) is 5.75 Å². The van der Waals surface area contributed by atoms with Gasteiger partial charge >= 0.3 is 5.97 Å². The number of anilines is 1. The van der Waals surface area contributed by atoms with Gasteiger partial charge in [0, 0.05) is 0 Å². The van der Waals surface area contributed by atoms with Gasteiger partial charge in [0.05, 0.1) is 30.8 Å². The van der Waals surface area contributed by atoms with E-state index in [1.807, 2.05) is 18.2 Å². The number of thiazole rings is 1. The fraction of sp³-hybridized carbons (Fsp3) is 0.500. The highest BCUT2D eigenvalue weighted by atomic mass is 32.1.